The Bertz CT molecular complexity index is 433. The van der Waals surface area contributed by atoms with E-state index in [1.54, 1.807) is 4.57 Å². The highest BCUT2D eigenvalue weighted by Gasteiger charge is 1.98. The van der Waals surface area contributed by atoms with E-state index in [1.807, 2.05) is 30.6 Å². The molecule has 0 spiro atoms. The first-order valence-corrected chi connectivity index (χ1v) is 5.57. The van der Waals surface area contributed by atoms with Gasteiger partial charge in [-0.1, -0.05) is 28.1 Å². The molecule has 0 unspecified atom stereocenters. The number of aliphatic hydroxyl groups is 1. The molecular formula is C12H12BrNO. The van der Waals surface area contributed by atoms with E-state index in [0.717, 1.165) is 10.9 Å². The van der Waals surface area contributed by atoms with Crippen molar-refractivity contribution in [2.45, 2.75) is 13.2 Å². The van der Waals surface area contributed by atoms with Crippen LogP contribution in [0.3, 0.4) is 0 Å². The molecule has 3 heteroatoms. The third kappa shape index (κ3) is 2.70. The normalized spacial score (nSPS) is 10.5. The van der Waals surface area contributed by atoms with Crippen LogP contribution < -0.4 is 0 Å². The van der Waals surface area contributed by atoms with Crippen molar-refractivity contribution in [1.82, 2.24) is 4.57 Å². The molecule has 0 saturated heterocycles. The zero-order valence-electron chi connectivity index (χ0n) is 8.23. The van der Waals surface area contributed by atoms with E-state index in [1.165, 1.54) is 11.1 Å². The average molecular weight is 266 g/mol. The molecule has 0 bridgehead atoms. The summed E-state index contributed by atoms with van der Waals surface area (Å²) in [5.74, 6) is 0. The molecule has 0 fully saturated rings. The Morgan fingerprint density at radius 3 is 2.40 bits per heavy atom. The van der Waals surface area contributed by atoms with Crippen LogP contribution in [0.2, 0.25) is 0 Å². The van der Waals surface area contributed by atoms with Gasteiger partial charge in [0.15, 0.2) is 0 Å². The minimum Gasteiger partial charge on any atom is -0.376 e. The fraction of sp³-hybridized carbons (Fsp3) is 0.167. The van der Waals surface area contributed by atoms with Crippen molar-refractivity contribution in [1.29, 1.82) is 0 Å². The molecule has 0 aliphatic carbocycles. The topological polar surface area (TPSA) is 25.2 Å². The van der Waals surface area contributed by atoms with Gasteiger partial charge < -0.3 is 9.67 Å². The van der Waals surface area contributed by atoms with Crippen LogP contribution in [-0.2, 0) is 13.2 Å². The highest BCUT2D eigenvalue weighted by molar-refractivity contribution is 9.10. The Kier molecular flexibility index (Phi) is 3.23. The van der Waals surface area contributed by atoms with Crippen LogP contribution in [0.1, 0.15) is 11.1 Å². The predicted octanol–water partition coefficient (Wildman–Crippen LogP) is 2.79. The summed E-state index contributed by atoms with van der Waals surface area (Å²) in [4.78, 5) is 0. The lowest BCUT2D eigenvalue weighted by Gasteiger charge is -1.99. The van der Waals surface area contributed by atoms with Crippen molar-refractivity contribution in [3.8, 4) is 0 Å². The summed E-state index contributed by atoms with van der Waals surface area (Å²) in [7, 11) is 0. The van der Waals surface area contributed by atoms with E-state index >= 15 is 0 Å². The van der Waals surface area contributed by atoms with Crippen LogP contribution >= 0.6 is 15.9 Å². The standard InChI is InChI=1S/C12H12BrNO/c13-12-3-1-10(2-4-12)7-11-5-6-14(8-11)9-15/h1-6,8,15H,7,9H2. The number of hydrogen-bond donors (Lipinski definition) is 1. The molecule has 2 nitrogen and oxygen atoms in total. The molecule has 15 heavy (non-hydrogen) atoms. The molecular weight excluding hydrogens is 254 g/mol. The molecule has 0 amide bonds. The summed E-state index contributed by atoms with van der Waals surface area (Å²) >= 11 is 3.41. The number of aromatic nitrogens is 1. The Hall–Kier alpha value is -1.06. The first kappa shape index (κ1) is 10.5. The largest absolute Gasteiger partial charge is 0.376 e. The molecule has 0 atom stereocenters. The number of benzene rings is 1. The molecule has 0 aliphatic heterocycles. The van der Waals surface area contributed by atoms with Gasteiger partial charge in [0.25, 0.3) is 0 Å². The van der Waals surface area contributed by atoms with Gasteiger partial charge in [-0.2, -0.15) is 0 Å². The predicted molar refractivity (Wildman–Crippen MR) is 63.6 cm³/mol. The molecule has 2 aromatic rings. The SMILES string of the molecule is OCn1ccc(Cc2ccc(Br)cc2)c1. The minimum absolute atomic E-state index is 0.0420. The lowest BCUT2D eigenvalue weighted by molar-refractivity contribution is 0.211. The van der Waals surface area contributed by atoms with Gasteiger partial charge >= 0.3 is 0 Å². The van der Waals surface area contributed by atoms with Gasteiger partial charge in [-0.25, -0.2) is 0 Å². The van der Waals surface area contributed by atoms with E-state index in [0.29, 0.717) is 0 Å². The maximum absolute atomic E-state index is 8.91. The minimum atomic E-state index is 0.0420. The first-order chi connectivity index (χ1) is 7.28. The van der Waals surface area contributed by atoms with Crippen LogP contribution in [-0.4, -0.2) is 9.67 Å². The van der Waals surface area contributed by atoms with Crippen LogP contribution in [0, 0.1) is 0 Å². The molecule has 1 heterocycles. The summed E-state index contributed by atoms with van der Waals surface area (Å²) in [6, 6.07) is 10.3. The Morgan fingerprint density at radius 2 is 1.80 bits per heavy atom. The molecule has 0 aliphatic rings. The van der Waals surface area contributed by atoms with E-state index in [-0.39, 0.29) is 6.73 Å². The molecule has 2 rings (SSSR count). The number of rotatable bonds is 3. The lowest BCUT2D eigenvalue weighted by Crippen LogP contribution is -1.91. The molecule has 1 N–H and O–H groups in total. The van der Waals surface area contributed by atoms with Gasteiger partial charge in [0.05, 0.1) is 0 Å². The fourth-order valence-electron chi connectivity index (χ4n) is 1.52. The van der Waals surface area contributed by atoms with Crippen molar-refractivity contribution in [3.05, 3.63) is 58.3 Å². The molecule has 1 aromatic carbocycles. The number of aliphatic hydroxyl groups excluding tert-OH is 1. The Morgan fingerprint density at radius 1 is 1.07 bits per heavy atom. The highest BCUT2D eigenvalue weighted by Crippen LogP contribution is 2.14. The van der Waals surface area contributed by atoms with Gasteiger partial charge in [0.2, 0.25) is 0 Å². The summed E-state index contributed by atoms with van der Waals surface area (Å²) < 4.78 is 2.85. The van der Waals surface area contributed by atoms with Gasteiger partial charge in [0.1, 0.15) is 6.73 Å². The number of halogens is 1. The van der Waals surface area contributed by atoms with Crippen molar-refractivity contribution >= 4 is 15.9 Å². The zero-order valence-corrected chi connectivity index (χ0v) is 9.81. The maximum Gasteiger partial charge on any atom is 0.119 e. The van der Waals surface area contributed by atoms with Crippen LogP contribution in [0.25, 0.3) is 0 Å². The molecule has 1 aromatic heterocycles. The lowest BCUT2D eigenvalue weighted by atomic mass is 10.1. The summed E-state index contributed by atoms with van der Waals surface area (Å²) in [5.41, 5.74) is 2.49. The van der Waals surface area contributed by atoms with Crippen LogP contribution in [0.4, 0.5) is 0 Å². The Balaban J connectivity index is 2.11. The zero-order chi connectivity index (χ0) is 10.7. The van der Waals surface area contributed by atoms with Gasteiger partial charge in [-0.05, 0) is 35.7 Å². The molecule has 78 valence electrons. The monoisotopic (exact) mass is 265 g/mol. The second kappa shape index (κ2) is 4.64. The maximum atomic E-state index is 8.91. The van der Waals surface area contributed by atoms with Crippen molar-refractivity contribution in [2.75, 3.05) is 0 Å². The second-order valence-corrected chi connectivity index (χ2v) is 4.39. The van der Waals surface area contributed by atoms with E-state index in [4.69, 9.17) is 5.11 Å². The van der Waals surface area contributed by atoms with Gasteiger partial charge in [0, 0.05) is 16.9 Å². The van der Waals surface area contributed by atoms with E-state index in [9.17, 15) is 0 Å². The number of nitrogens with zero attached hydrogens (tertiary/aromatic N) is 1. The van der Waals surface area contributed by atoms with Crippen LogP contribution in [0.5, 0.6) is 0 Å². The summed E-state index contributed by atoms with van der Waals surface area (Å²) in [5, 5.41) is 8.91. The third-order valence-corrected chi connectivity index (χ3v) is 2.83. The van der Waals surface area contributed by atoms with Gasteiger partial charge in [-0.15, -0.1) is 0 Å². The smallest absolute Gasteiger partial charge is 0.119 e. The quantitative estimate of drug-likeness (QED) is 0.907. The van der Waals surface area contributed by atoms with Crippen molar-refractivity contribution in [3.63, 3.8) is 0 Å². The third-order valence-electron chi connectivity index (χ3n) is 2.30. The first-order valence-electron chi connectivity index (χ1n) is 4.78. The van der Waals surface area contributed by atoms with E-state index in [2.05, 4.69) is 28.1 Å². The average Bonchev–Trinajstić information content (AvgIpc) is 2.69. The fourth-order valence-corrected chi connectivity index (χ4v) is 1.79. The molecule has 0 saturated carbocycles. The van der Waals surface area contributed by atoms with E-state index < -0.39 is 0 Å². The Labute approximate surface area is 97.3 Å². The number of hydrogen-bond acceptors (Lipinski definition) is 1. The highest BCUT2D eigenvalue weighted by atomic mass is 79.9. The summed E-state index contributed by atoms with van der Waals surface area (Å²) in [6.45, 7) is 0.0420. The second-order valence-electron chi connectivity index (χ2n) is 3.48. The molecule has 0 radical (unpaired) electrons. The van der Waals surface area contributed by atoms with Gasteiger partial charge in [-0.3, -0.25) is 0 Å². The van der Waals surface area contributed by atoms with Crippen molar-refractivity contribution < 1.29 is 5.11 Å². The van der Waals surface area contributed by atoms with Crippen LogP contribution in [0.15, 0.2) is 47.2 Å². The summed E-state index contributed by atoms with van der Waals surface area (Å²) in [6.07, 6.45) is 4.75. The van der Waals surface area contributed by atoms with Crippen molar-refractivity contribution in [2.24, 2.45) is 0 Å².